The molecule has 166 valence electrons. The van der Waals surface area contributed by atoms with Gasteiger partial charge in [0.1, 0.15) is 11.9 Å². The lowest BCUT2D eigenvalue weighted by Crippen LogP contribution is -2.22. The average molecular weight is 556 g/mol. The van der Waals surface area contributed by atoms with E-state index < -0.39 is 18.1 Å². The molecule has 0 aliphatic carbocycles. The number of hydroxylamine groups is 1. The highest BCUT2D eigenvalue weighted by Gasteiger charge is 2.26. The number of benzene rings is 2. The van der Waals surface area contributed by atoms with Crippen LogP contribution >= 0.6 is 34.4 Å². The van der Waals surface area contributed by atoms with E-state index in [4.69, 9.17) is 9.94 Å². The second-order valence-electron chi connectivity index (χ2n) is 6.82. The van der Waals surface area contributed by atoms with Crippen LogP contribution in [0.15, 0.2) is 59.5 Å². The zero-order valence-electron chi connectivity index (χ0n) is 17.2. The lowest BCUT2D eigenvalue weighted by molar-refractivity contribution is -0.124. The van der Waals surface area contributed by atoms with E-state index in [-0.39, 0.29) is 11.7 Å². The first-order valence-electron chi connectivity index (χ1n) is 9.54. The molecule has 0 radical (unpaired) electrons. The van der Waals surface area contributed by atoms with E-state index in [1.807, 2.05) is 25.3 Å². The van der Waals surface area contributed by atoms with Gasteiger partial charge in [-0.3, -0.25) is 15.3 Å². The van der Waals surface area contributed by atoms with E-state index in [1.165, 1.54) is 11.6 Å². The minimum absolute atomic E-state index is 0.0459. The minimum atomic E-state index is -0.694. The largest absolute Gasteiger partial charge is 0.508 e. The Morgan fingerprint density at radius 3 is 2.58 bits per heavy atom. The zero-order chi connectivity index (χ0) is 22.8. The number of carbonyl (C=O) groups is 2. The van der Waals surface area contributed by atoms with Gasteiger partial charge in [0.25, 0.3) is 5.91 Å². The molecule has 0 aliphatic heterocycles. The monoisotopic (exact) mass is 556 g/mol. The standard InChI is InChI=1S/C22H25IN2O5S/c1-14(5-3-4-6-20(27)25-29)21(18-13-15(23)7-12-19(18)26)30-22(28)24-16-8-10-17(31-2)11-9-16/h4,6-14,21,26,29H,3,5H2,1-2H3,(H,24,28)(H,25,27)/b6-4+/t14-,21-/m1/s1. The van der Waals surface area contributed by atoms with Crippen LogP contribution in [-0.4, -0.2) is 28.6 Å². The predicted octanol–water partition coefficient (Wildman–Crippen LogP) is 5.49. The molecule has 4 N–H and O–H groups in total. The molecule has 0 saturated carbocycles. The number of ether oxygens (including phenoxy) is 1. The topological polar surface area (TPSA) is 108 Å². The van der Waals surface area contributed by atoms with Crippen LogP contribution in [0.1, 0.15) is 31.4 Å². The number of carbonyl (C=O) groups excluding carboxylic acids is 2. The third-order valence-electron chi connectivity index (χ3n) is 4.55. The molecule has 0 aromatic heterocycles. The van der Waals surface area contributed by atoms with Crippen molar-refractivity contribution in [3.63, 3.8) is 0 Å². The Bertz CT molecular complexity index is 921. The van der Waals surface area contributed by atoms with Gasteiger partial charge in [0, 0.05) is 25.8 Å². The molecule has 2 rings (SSSR count). The van der Waals surface area contributed by atoms with Crippen LogP contribution in [-0.2, 0) is 9.53 Å². The highest BCUT2D eigenvalue weighted by molar-refractivity contribution is 14.1. The van der Waals surface area contributed by atoms with Crippen molar-refractivity contribution in [2.75, 3.05) is 11.6 Å². The SMILES string of the molecule is CSc1ccc(NC(=O)O[C@@H](c2cc(I)ccc2O)[C@H](C)CC/C=C/C(=O)NO)cc1. The first-order valence-corrected chi connectivity index (χ1v) is 11.8. The van der Waals surface area contributed by atoms with Gasteiger partial charge in [-0.2, -0.15) is 0 Å². The number of hydrogen-bond acceptors (Lipinski definition) is 6. The summed E-state index contributed by atoms with van der Waals surface area (Å²) >= 11 is 3.74. The molecule has 0 spiro atoms. The number of nitrogens with one attached hydrogen (secondary N) is 2. The summed E-state index contributed by atoms with van der Waals surface area (Å²) in [6.07, 6.45) is 4.62. The summed E-state index contributed by atoms with van der Waals surface area (Å²) in [4.78, 5) is 24.8. The van der Waals surface area contributed by atoms with Gasteiger partial charge in [-0.25, -0.2) is 10.3 Å². The van der Waals surface area contributed by atoms with Crippen LogP contribution in [0.25, 0.3) is 0 Å². The maximum Gasteiger partial charge on any atom is 0.412 e. The Labute approximate surface area is 199 Å². The Morgan fingerprint density at radius 2 is 1.94 bits per heavy atom. The first kappa shape index (κ1) is 25.0. The van der Waals surface area contributed by atoms with Gasteiger partial charge in [0.15, 0.2) is 0 Å². The van der Waals surface area contributed by atoms with Gasteiger partial charge < -0.3 is 9.84 Å². The van der Waals surface area contributed by atoms with Crippen LogP contribution in [0.3, 0.4) is 0 Å². The molecular formula is C22H25IN2O5S. The summed E-state index contributed by atoms with van der Waals surface area (Å²) in [5, 5.41) is 21.6. The third-order valence-corrected chi connectivity index (χ3v) is 5.97. The fourth-order valence-corrected chi connectivity index (χ4v) is 3.84. The average Bonchev–Trinajstić information content (AvgIpc) is 2.77. The molecular weight excluding hydrogens is 531 g/mol. The molecule has 2 amide bonds. The van der Waals surface area contributed by atoms with Crippen molar-refractivity contribution in [1.29, 1.82) is 0 Å². The van der Waals surface area contributed by atoms with E-state index >= 15 is 0 Å². The fourth-order valence-electron chi connectivity index (χ4n) is 2.91. The number of halogens is 1. The number of rotatable bonds is 9. The molecule has 0 unspecified atom stereocenters. The van der Waals surface area contributed by atoms with Crippen molar-refractivity contribution in [2.24, 2.45) is 5.92 Å². The first-order chi connectivity index (χ1) is 14.8. The second kappa shape index (κ2) is 12.6. The van der Waals surface area contributed by atoms with Gasteiger partial charge in [0.2, 0.25) is 0 Å². The van der Waals surface area contributed by atoms with Crippen molar-refractivity contribution < 1.29 is 24.6 Å². The maximum absolute atomic E-state index is 12.6. The molecule has 2 aromatic rings. The zero-order valence-corrected chi connectivity index (χ0v) is 20.1. The van der Waals surface area contributed by atoms with E-state index in [0.717, 1.165) is 8.47 Å². The molecule has 0 heterocycles. The van der Waals surface area contributed by atoms with E-state index in [2.05, 4.69) is 27.9 Å². The van der Waals surface area contributed by atoms with Crippen molar-refractivity contribution in [3.8, 4) is 5.75 Å². The van der Waals surface area contributed by atoms with Crippen molar-refractivity contribution >= 4 is 52.0 Å². The summed E-state index contributed by atoms with van der Waals surface area (Å²) in [6, 6.07) is 12.5. The lowest BCUT2D eigenvalue weighted by Gasteiger charge is -2.25. The molecule has 2 aromatic carbocycles. The molecule has 9 heteroatoms. The normalized spacial score (nSPS) is 12.9. The Balaban J connectivity index is 2.14. The summed E-state index contributed by atoms with van der Waals surface area (Å²) in [6.45, 7) is 1.91. The molecule has 31 heavy (non-hydrogen) atoms. The lowest BCUT2D eigenvalue weighted by atomic mass is 9.92. The Kier molecular flexibility index (Phi) is 10.2. The minimum Gasteiger partial charge on any atom is -0.508 e. The van der Waals surface area contributed by atoms with Crippen molar-refractivity contribution in [1.82, 2.24) is 5.48 Å². The van der Waals surface area contributed by atoms with E-state index in [9.17, 15) is 14.7 Å². The molecule has 2 atom stereocenters. The highest BCUT2D eigenvalue weighted by Crippen LogP contribution is 2.36. The summed E-state index contributed by atoms with van der Waals surface area (Å²) < 4.78 is 6.63. The number of allylic oxidation sites excluding steroid dienone is 1. The van der Waals surface area contributed by atoms with Crippen LogP contribution in [0.4, 0.5) is 10.5 Å². The molecule has 7 nitrogen and oxygen atoms in total. The van der Waals surface area contributed by atoms with Gasteiger partial charge in [-0.05, 0) is 90.1 Å². The summed E-state index contributed by atoms with van der Waals surface area (Å²) in [5.74, 6) is -0.720. The van der Waals surface area contributed by atoms with Crippen molar-refractivity contribution in [3.05, 3.63) is 63.8 Å². The Morgan fingerprint density at radius 1 is 1.23 bits per heavy atom. The number of phenols is 1. The molecule has 0 saturated heterocycles. The molecule has 0 fully saturated rings. The van der Waals surface area contributed by atoms with Crippen LogP contribution in [0.2, 0.25) is 0 Å². The number of phenolic OH excluding ortho intramolecular Hbond substituents is 1. The highest BCUT2D eigenvalue weighted by atomic mass is 127. The second-order valence-corrected chi connectivity index (χ2v) is 8.94. The number of anilines is 1. The number of amides is 2. The van der Waals surface area contributed by atoms with E-state index in [1.54, 1.807) is 48.2 Å². The van der Waals surface area contributed by atoms with Crippen molar-refractivity contribution in [2.45, 2.75) is 30.8 Å². The van der Waals surface area contributed by atoms with Crippen LogP contribution in [0.5, 0.6) is 5.75 Å². The predicted molar refractivity (Wildman–Crippen MR) is 129 cm³/mol. The van der Waals surface area contributed by atoms with Gasteiger partial charge in [0.05, 0.1) is 0 Å². The third kappa shape index (κ3) is 8.08. The summed E-state index contributed by atoms with van der Waals surface area (Å²) in [5.41, 5.74) is 2.66. The fraction of sp³-hybridized carbons (Fsp3) is 0.273. The van der Waals surface area contributed by atoms with Gasteiger partial charge >= 0.3 is 6.09 Å². The maximum atomic E-state index is 12.6. The number of hydrogen-bond donors (Lipinski definition) is 4. The Hall–Kier alpha value is -2.24. The van der Waals surface area contributed by atoms with E-state index in [0.29, 0.717) is 24.1 Å². The smallest absolute Gasteiger partial charge is 0.412 e. The van der Waals surface area contributed by atoms with Crippen LogP contribution in [0, 0.1) is 9.49 Å². The van der Waals surface area contributed by atoms with Gasteiger partial charge in [-0.1, -0.05) is 13.0 Å². The van der Waals surface area contributed by atoms with Gasteiger partial charge in [-0.15, -0.1) is 11.8 Å². The number of aromatic hydroxyl groups is 1. The number of thioether (sulfide) groups is 1. The summed E-state index contributed by atoms with van der Waals surface area (Å²) in [7, 11) is 0. The quantitative estimate of drug-likeness (QED) is 0.107. The molecule has 0 bridgehead atoms. The molecule has 0 aliphatic rings. The van der Waals surface area contributed by atoms with Crippen LogP contribution < -0.4 is 10.8 Å².